The van der Waals surface area contributed by atoms with Gasteiger partial charge in [-0.05, 0) is 50.3 Å². The molecule has 22 heavy (non-hydrogen) atoms. The van der Waals surface area contributed by atoms with Crippen LogP contribution in [0.4, 0.5) is 11.4 Å². The number of anilines is 1. The highest BCUT2D eigenvalue weighted by atomic mass is 16.6. The van der Waals surface area contributed by atoms with Crippen LogP contribution in [0.1, 0.15) is 31.2 Å². The zero-order valence-electron chi connectivity index (χ0n) is 12.5. The Morgan fingerprint density at radius 2 is 2.09 bits per heavy atom. The van der Waals surface area contributed by atoms with E-state index in [1.165, 1.54) is 18.9 Å². The van der Waals surface area contributed by atoms with Gasteiger partial charge in [0.25, 0.3) is 5.69 Å². The Kier molecular flexibility index (Phi) is 4.25. The topological polar surface area (TPSA) is 82.2 Å². The zero-order valence-corrected chi connectivity index (χ0v) is 12.5. The number of benzene rings is 1. The Hall–Kier alpha value is -2.13. The van der Waals surface area contributed by atoms with Gasteiger partial charge < -0.3 is 10.2 Å². The molecule has 116 valence electrons. The summed E-state index contributed by atoms with van der Waals surface area (Å²) < 4.78 is 0. The van der Waals surface area contributed by atoms with E-state index < -0.39 is 0 Å². The Bertz CT molecular complexity index is 597. The zero-order chi connectivity index (χ0) is 15.5. The van der Waals surface area contributed by atoms with Crippen LogP contribution in [-0.2, 0) is 0 Å². The van der Waals surface area contributed by atoms with E-state index in [0.717, 1.165) is 32.5 Å². The minimum atomic E-state index is -0.388. The molecule has 6 nitrogen and oxygen atoms in total. The number of nitrogens with one attached hydrogen (secondary N) is 1. The summed E-state index contributed by atoms with van der Waals surface area (Å²) in [6, 6.07) is 7.34. The lowest BCUT2D eigenvalue weighted by Gasteiger charge is -2.35. The predicted molar refractivity (Wildman–Crippen MR) is 83.8 cm³/mol. The number of rotatable bonds is 3. The highest BCUT2D eigenvalue weighted by Gasteiger charge is 2.30. The average molecular weight is 300 g/mol. The number of nitriles is 1. The summed E-state index contributed by atoms with van der Waals surface area (Å²) >= 11 is 0. The third-order valence-electron chi connectivity index (χ3n) is 4.85. The molecular formula is C16H20N4O2. The van der Waals surface area contributed by atoms with Crippen molar-refractivity contribution in [3.8, 4) is 6.07 Å². The van der Waals surface area contributed by atoms with Gasteiger partial charge in [0.1, 0.15) is 5.69 Å². The lowest BCUT2D eigenvalue weighted by Crippen LogP contribution is -2.41. The molecule has 0 aliphatic carbocycles. The number of nitro benzene ring substituents is 1. The van der Waals surface area contributed by atoms with E-state index in [2.05, 4.69) is 10.2 Å². The number of piperidine rings is 1. The molecular weight excluding hydrogens is 280 g/mol. The fraction of sp³-hybridized carbons (Fsp3) is 0.562. The molecule has 2 aliphatic rings. The maximum atomic E-state index is 11.3. The molecule has 1 aromatic rings. The summed E-state index contributed by atoms with van der Waals surface area (Å²) in [5, 5.41) is 23.7. The smallest absolute Gasteiger partial charge is 0.293 e. The predicted octanol–water partition coefficient (Wildman–Crippen LogP) is 2.43. The van der Waals surface area contributed by atoms with Crippen molar-refractivity contribution in [2.45, 2.75) is 31.7 Å². The van der Waals surface area contributed by atoms with Gasteiger partial charge >= 0.3 is 0 Å². The normalized spacial score (nSPS) is 22.5. The van der Waals surface area contributed by atoms with Gasteiger partial charge in [-0.1, -0.05) is 0 Å². The summed E-state index contributed by atoms with van der Waals surface area (Å²) in [6.45, 7) is 2.80. The van der Waals surface area contributed by atoms with Crippen LogP contribution in [0.15, 0.2) is 18.2 Å². The van der Waals surface area contributed by atoms with Crippen molar-refractivity contribution in [2.24, 2.45) is 5.92 Å². The Morgan fingerprint density at radius 1 is 1.32 bits per heavy atom. The van der Waals surface area contributed by atoms with Gasteiger partial charge in [-0.25, -0.2) is 0 Å². The first kappa shape index (κ1) is 14.8. The van der Waals surface area contributed by atoms with Crippen LogP contribution >= 0.6 is 0 Å². The van der Waals surface area contributed by atoms with Gasteiger partial charge in [0, 0.05) is 25.2 Å². The summed E-state index contributed by atoms with van der Waals surface area (Å²) in [6.07, 6.45) is 4.64. The van der Waals surface area contributed by atoms with Crippen molar-refractivity contribution < 1.29 is 4.92 Å². The van der Waals surface area contributed by atoms with Crippen molar-refractivity contribution in [1.82, 2.24) is 5.32 Å². The fourth-order valence-electron chi connectivity index (χ4n) is 3.66. The molecule has 1 atom stereocenters. The number of hydrogen-bond donors (Lipinski definition) is 1. The minimum Gasteiger partial charge on any atom is -0.366 e. The van der Waals surface area contributed by atoms with Gasteiger partial charge in [-0.2, -0.15) is 5.26 Å². The van der Waals surface area contributed by atoms with Crippen LogP contribution in [0, 0.1) is 27.4 Å². The highest BCUT2D eigenvalue weighted by Crippen LogP contribution is 2.33. The van der Waals surface area contributed by atoms with E-state index in [4.69, 9.17) is 5.26 Å². The van der Waals surface area contributed by atoms with E-state index in [1.807, 2.05) is 6.07 Å². The molecule has 1 N–H and O–H groups in total. The first-order chi connectivity index (χ1) is 10.7. The molecule has 2 saturated heterocycles. The second-order valence-electron chi connectivity index (χ2n) is 6.10. The first-order valence-electron chi connectivity index (χ1n) is 7.86. The van der Waals surface area contributed by atoms with E-state index in [-0.39, 0.29) is 10.6 Å². The van der Waals surface area contributed by atoms with Crippen molar-refractivity contribution in [3.05, 3.63) is 33.9 Å². The van der Waals surface area contributed by atoms with Gasteiger partial charge in [-0.15, -0.1) is 0 Å². The SMILES string of the molecule is N#Cc1ccc(N2CCC(C3CCCN3)CC2)c([N+](=O)[O-])c1. The molecule has 1 aromatic carbocycles. The minimum absolute atomic E-state index is 0.0384. The highest BCUT2D eigenvalue weighted by molar-refractivity contribution is 5.65. The molecule has 2 heterocycles. The van der Waals surface area contributed by atoms with Crippen LogP contribution in [0.5, 0.6) is 0 Å². The van der Waals surface area contributed by atoms with Crippen molar-refractivity contribution in [2.75, 3.05) is 24.5 Å². The summed E-state index contributed by atoms with van der Waals surface area (Å²) in [4.78, 5) is 13.0. The number of nitrogens with zero attached hydrogens (tertiary/aromatic N) is 3. The van der Waals surface area contributed by atoms with Crippen LogP contribution in [0.3, 0.4) is 0 Å². The van der Waals surface area contributed by atoms with Crippen LogP contribution in [-0.4, -0.2) is 30.6 Å². The van der Waals surface area contributed by atoms with Crippen LogP contribution in [0.25, 0.3) is 0 Å². The molecule has 6 heteroatoms. The molecule has 0 bridgehead atoms. The lowest BCUT2D eigenvalue weighted by molar-refractivity contribution is -0.384. The van der Waals surface area contributed by atoms with Crippen LogP contribution < -0.4 is 10.2 Å². The molecule has 3 rings (SSSR count). The van der Waals surface area contributed by atoms with E-state index >= 15 is 0 Å². The van der Waals surface area contributed by atoms with Crippen molar-refractivity contribution in [1.29, 1.82) is 5.26 Å². The summed E-state index contributed by atoms with van der Waals surface area (Å²) in [5.74, 6) is 0.677. The van der Waals surface area contributed by atoms with Gasteiger partial charge in [0.2, 0.25) is 0 Å². The Morgan fingerprint density at radius 3 is 2.68 bits per heavy atom. The quantitative estimate of drug-likeness (QED) is 0.685. The largest absolute Gasteiger partial charge is 0.366 e. The molecule has 1 unspecified atom stereocenters. The van der Waals surface area contributed by atoms with Gasteiger partial charge in [0.05, 0.1) is 16.6 Å². The third kappa shape index (κ3) is 2.90. The number of nitro groups is 1. The van der Waals surface area contributed by atoms with E-state index in [0.29, 0.717) is 23.2 Å². The molecule has 0 spiro atoms. The lowest BCUT2D eigenvalue weighted by atomic mass is 9.88. The standard InChI is InChI=1S/C16H20N4O2/c17-11-12-3-4-15(16(10-12)20(21)22)19-8-5-13(6-9-19)14-2-1-7-18-14/h3-4,10,13-14,18H,1-2,5-9H2. The summed E-state index contributed by atoms with van der Waals surface area (Å²) in [5.41, 5.74) is 1.01. The maximum Gasteiger partial charge on any atom is 0.293 e. The van der Waals surface area contributed by atoms with Gasteiger partial charge in [0.15, 0.2) is 0 Å². The monoisotopic (exact) mass is 300 g/mol. The molecule has 0 saturated carbocycles. The molecule has 0 amide bonds. The van der Waals surface area contributed by atoms with E-state index in [9.17, 15) is 10.1 Å². The Labute approximate surface area is 129 Å². The molecule has 0 aromatic heterocycles. The van der Waals surface area contributed by atoms with Gasteiger partial charge in [-0.3, -0.25) is 10.1 Å². The van der Waals surface area contributed by atoms with E-state index in [1.54, 1.807) is 12.1 Å². The molecule has 2 aliphatic heterocycles. The molecule has 2 fully saturated rings. The second kappa shape index (κ2) is 6.32. The van der Waals surface area contributed by atoms with Crippen molar-refractivity contribution in [3.63, 3.8) is 0 Å². The maximum absolute atomic E-state index is 11.3. The third-order valence-corrected chi connectivity index (χ3v) is 4.85. The van der Waals surface area contributed by atoms with Crippen LogP contribution in [0.2, 0.25) is 0 Å². The number of hydrogen-bond acceptors (Lipinski definition) is 5. The first-order valence-corrected chi connectivity index (χ1v) is 7.86. The fourth-order valence-corrected chi connectivity index (χ4v) is 3.66. The summed E-state index contributed by atoms with van der Waals surface area (Å²) in [7, 11) is 0. The second-order valence-corrected chi connectivity index (χ2v) is 6.10. The average Bonchev–Trinajstić information content (AvgIpc) is 3.09. The van der Waals surface area contributed by atoms with Crippen molar-refractivity contribution >= 4 is 11.4 Å². The molecule has 0 radical (unpaired) electrons. The Balaban J connectivity index is 1.73.